The van der Waals surface area contributed by atoms with Gasteiger partial charge in [-0.15, -0.1) is 0 Å². The van der Waals surface area contributed by atoms with Crippen LogP contribution in [0.2, 0.25) is 0 Å². The van der Waals surface area contributed by atoms with E-state index in [0.29, 0.717) is 11.3 Å². The van der Waals surface area contributed by atoms with Crippen molar-refractivity contribution in [1.29, 1.82) is 4.78 Å². The number of nitrogens with two attached hydrogens (primary N) is 1. The van der Waals surface area contributed by atoms with Gasteiger partial charge in [0, 0.05) is 18.1 Å². The van der Waals surface area contributed by atoms with Crippen LogP contribution >= 0.6 is 0 Å². The average Bonchev–Trinajstić information content (AvgIpc) is 2.52. The molecule has 23 heavy (non-hydrogen) atoms. The molecule has 0 bridgehead atoms. The number of hydrogen-bond acceptors (Lipinski definition) is 5. The van der Waals surface area contributed by atoms with Gasteiger partial charge in [-0.3, -0.25) is 10.1 Å². The second kappa shape index (κ2) is 6.35. The topological polar surface area (TPSA) is 119 Å². The summed E-state index contributed by atoms with van der Waals surface area (Å²) in [4.78, 5) is 10.6. The summed E-state index contributed by atoms with van der Waals surface area (Å²) in [5.74, 6) is 0.369. The molecule has 3 N–H and O–H groups in total. The van der Waals surface area contributed by atoms with Crippen LogP contribution in [0.1, 0.15) is 24.0 Å². The maximum absolute atomic E-state index is 12.0. The lowest BCUT2D eigenvalue weighted by molar-refractivity contribution is -0.385. The lowest BCUT2D eigenvalue weighted by atomic mass is 9.93. The fourth-order valence-electron chi connectivity index (χ4n) is 2.34. The Hall–Kier alpha value is -2.45. The molecule has 0 amide bonds. The summed E-state index contributed by atoms with van der Waals surface area (Å²) in [5.41, 5.74) is 1.12. The molecule has 2 aromatic carbocycles. The lowest BCUT2D eigenvalue weighted by Gasteiger charge is -2.17. The third kappa shape index (κ3) is 3.66. The zero-order valence-corrected chi connectivity index (χ0v) is 13.5. The van der Waals surface area contributed by atoms with Gasteiger partial charge in [0.15, 0.2) is 0 Å². The molecule has 122 valence electrons. The van der Waals surface area contributed by atoms with Crippen LogP contribution in [0.3, 0.4) is 0 Å². The Bertz CT molecular complexity index is 832. The predicted molar refractivity (Wildman–Crippen MR) is 86.9 cm³/mol. The van der Waals surface area contributed by atoms with Crippen molar-refractivity contribution in [2.24, 2.45) is 5.14 Å². The number of non-ortho nitro benzene ring substituents is 1. The maximum Gasteiger partial charge on any atom is 0.269 e. The van der Waals surface area contributed by atoms with Gasteiger partial charge in [-0.25, -0.2) is 14.1 Å². The van der Waals surface area contributed by atoms with Gasteiger partial charge in [-0.05, 0) is 29.3 Å². The Morgan fingerprint density at radius 3 is 2.35 bits per heavy atom. The third-order valence-corrected chi connectivity index (χ3v) is 4.64. The maximum atomic E-state index is 12.0. The van der Waals surface area contributed by atoms with Crippen molar-refractivity contribution in [1.82, 2.24) is 0 Å². The van der Waals surface area contributed by atoms with Crippen LogP contribution in [0.15, 0.2) is 47.4 Å². The van der Waals surface area contributed by atoms with Crippen molar-refractivity contribution in [3.8, 4) is 5.75 Å². The summed E-state index contributed by atoms with van der Waals surface area (Å²) in [5, 5.41) is 16.4. The van der Waals surface area contributed by atoms with Crippen molar-refractivity contribution in [2.45, 2.75) is 17.7 Å². The summed E-state index contributed by atoms with van der Waals surface area (Å²) < 4.78 is 24.7. The molecule has 1 unspecified atom stereocenters. The molecule has 2 rings (SSSR count). The third-order valence-electron chi connectivity index (χ3n) is 3.61. The Labute approximate surface area is 134 Å². The summed E-state index contributed by atoms with van der Waals surface area (Å²) >= 11 is 0. The first-order valence-corrected chi connectivity index (χ1v) is 8.35. The van der Waals surface area contributed by atoms with Gasteiger partial charge in [0.2, 0.25) is 0 Å². The summed E-state index contributed by atoms with van der Waals surface area (Å²) in [6, 6.07) is 11.0. The van der Waals surface area contributed by atoms with Crippen molar-refractivity contribution in [3.63, 3.8) is 0 Å². The number of nitro benzene ring substituents is 1. The SMILES string of the molecule is COc1ccc([C@@H](C)c2cc([N+](=O)[O-])ccc2S(=N)(N)=O)cc1. The summed E-state index contributed by atoms with van der Waals surface area (Å²) in [7, 11) is -1.93. The van der Waals surface area contributed by atoms with E-state index in [1.807, 2.05) is 19.1 Å². The van der Waals surface area contributed by atoms with E-state index < -0.39 is 14.8 Å². The standard InChI is InChI=1S/C15H17N3O4S/c1-10(11-3-6-13(22-2)7-4-11)14-9-12(18(19)20)5-8-15(14)23(16,17)21/h3-10H,1-2H3,(H3,16,17,21)/t10-/m1/s1. The molecular formula is C15H17N3O4S. The molecule has 0 aromatic heterocycles. The second-order valence-electron chi connectivity index (χ2n) is 5.07. The normalized spacial score (nSPS) is 14.7. The molecule has 0 heterocycles. The number of nitrogens with zero attached hydrogens (tertiary/aromatic N) is 1. The quantitative estimate of drug-likeness (QED) is 0.644. The van der Waals surface area contributed by atoms with E-state index in [1.54, 1.807) is 19.2 Å². The van der Waals surface area contributed by atoms with Crippen LogP contribution in [0.4, 0.5) is 5.69 Å². The van der Waals surface area contributed by atoms with Crippen molar-refractivity contribution in [3.05, 3.63) is 63.7 Å². The smallest absolute Gasteiger partial charge is 0.269 e. The molecule has 0 radical (unpaired) electrons. The van der Waals surface area contributed by atoms with Crippen molar-refractivity contribution in [2.75, 3.05) is 7.11 Å². The van der Waals surface area contributed by atoms with Crippen molar-refractivity contribution < 1.29 is 13.9 Å². The molecule has 0 aliphatic heterocycles. The predicted octanol–water partition coefficient (Wildman–Crippen LogP) is 3.03. The average molecular weight is 335 g/mol. The van der Waals surface area contributed by atoms with Gasteiger partial charge in [0.25, 0.3) is 5.69 Å². The highest BCUT2D eigenvalue weighted by Gasteiger charge is 2.21. The highest BCUT2D eigenvalue weighted by atomic mass is 32.2. The number of nitro groups is 1. The molecule has 8 heteroatoms. The van der Waals surface area contributed by atoms with Gasteiger partial charge >= 0.3 is 0 Å². The van der Waals surface area contributed by atoms with Crippen LogP contribution in [0.25, 0.3) is 0 Å². The minimum absolute atomic E-state index is 0.103. The van der Waals surface area contributed by atoms with Crippen LogP contribution in [0.5, 0.6) is 5.75 Å². The van der Waals surface area contributed by atoms with E-state index in [-0.39, 0.29) is 16.5 Å². The largest absolute Gasteiger partial charge is 0.497 e. The molecule has 0 aliphatic carbocycles. The van der Waals surface area contributed by atoms with E-state index in [2.05, 4.69) is 0 Å². The van der Waals surface area contributed by atoms with E-state index in [9.17, 15) is 14.3 Å². The molecule has 2 aromatic rings. The number of ether oxygens (including phenoxy) is 1. The fraction of sp³-hybridized carbons (Fsp3) is 0.200. The first-order valence-electron chi connectivity index (χ1n) is 6.73. The molecule has 0 fully saturated rings. The number of methoxy groups -OCH3 is 1. The second-order valence-corrected chi connectivity index (χ2v) is 6.72. The molecule has 0 saturated heterocycles. The van der Waals surface area contributed by atoms with E-state index in [4.69, 9.17) is 14.7 Å². The zero-order valence-electron chi connectivity index (χ0n) is 12.7. The van der Waals surface area contributed by atoms with Crippen LogP contribution in [-0.4, -0.2) is 16.2 Å². The Kier molecular flexibility index (Phi) is 4.67. The van der Waals surface area contributed by atoms with Gasteiger partial charge in [0.05, 0.1) is 16.9 Å². The number of nitrogens with one attached hydrogen (secondary N) is 1. The Balaban J connectivity index is 2.57. The number of hydrogen-bond donors (Lipinski definition) is 2. The van der Waals surface area contributed by atoms with E-state index in [0.717, 1.165) is 5.56 Å². The highest BCUT2D eigenvalue weighted by molar-refractivity contribution is 7.90. The van der Waals surface area contributed by atoms with Gasteiger partial charge in [-0.1, -0.05) is 19.1 Å². The van der Waals surface area contributed by atoms with Crippen molar-refractivity contribution >= 4 is 15.6 Å². The van der Waals surface area contributed by atoms with Gasteiger partial charge in [0.1, 0.15) is 15.7 Å². The summed E-state index contributed by atoms with van der Waals surface area (Å²) in [6.45, 7) is 1.82. The first kappa shape index (κ1) is 16.9. The monoisotopic (exact) mass is 335 g/mol. The molecular weight excluding hydrogens is 318 g/mol. The van der Waals surface area contributed by atoms with Crippen LogP contribution in [-0.2, 0) is 9.92 Å². The Morgan fingerprint density at radius 2 is 1.87 bits per heavy atom. The van der Waals surface area contributed by atoms with E-state index >= 15 is 0 Å². The van der Waals surface area contributed by atoms with Crippen LogP contribution < -0.4 is 9.88 Å². The molecule has 0 saturated carbocycles. The number of benzene rings is 2. The molecule has 2 atom stereocenters. The lowest BCUT2D eigenvalue weighted by Crippen LogP contribution is -2.14. The molecule has 7 nitrogen and oxygen atoms in total. The number of rotatable bonds is 5. The zero-order chi connectivity index (χ0) is 17.2. The molecule has 0 aliphatic rings. The minimum Gasteiger partial charge on any atom is -0.497 e. The first-order chi connectivity index (χ1) is 10.7. The Morgan fingerprint density at radius 1 is 1.26 bits per heavy atom. The van der Waals surface area contributed by atoms with Gasteiger partial charge in [-0.2, -0.15) is 0 Å². The van der Waals surface area contributed by atoms with Gasteiger partial charge < -0.3 is 4.74 Å². The van der Waals surface area contributed by atoms with E-state index in [1.165, 1.54) is 18.2 Å². The minimum atomic E-state index is -3.49. The molecule has 0 spiro atoms. The highest BCUT2D eigenvalue weighted by Crippen LogP contribution is 2.32. The summed E-state index contributed by atoms with van der Waals surface area (Å²) in [6.07, 6.45) is 0. The van der Waals surface area contributed by atoms with Crippen LogP contribution in [0, 0.1) is 14.9 Å². The fourth-order valence-corrected chi connectivity index (χ4v) is 3.19.